The Hall–Kier alpha value is -2.04. The van der Waals surface area contributed by atoms with Crippen LogP contribution in [0.1, 0.15) is 26.3 Å². The first-order valence-corrected chi connectivity index (χ1v) is 6.57. The number of carbonyl (C=O) groups excluding carboxylic acids is 2. The van der Waals surface area contributed by atoms with Crippen molar-refractivity contribution in [1.29, 1.82) is 0 Å². The van der Waals surface area contributed by atoms with Crippen LogP contribution in [0.4, 0.5) is 10.5 Å². The molecule has 0 fully saturated rings. The van der Waals surface area contributed by atoms with Gasteiger partial charge in [0, 0.05) is 18.3 Å². The molecule has 0 aliphatic heterocycles. The summed E-state index contributed by atoms with van der Waals surface area (Å²) in [7, 11) is 1.59. The molecule has 20 heavy (non-hydrogen) atoms. The summed E-state index contributed by atoms with van der Waals surface area (Å²) in [6.45, 7) is 7.70. The lowest BCUT2D eigenvalue weighted by Crippen LogP contribution is -2.47. The van der Waals surface area contributed by atoms with Gasteiger partial charge < -0.3 is 15.5 Å². The number of rotatable bonds is 3. The van der Waals surface area contributed by atoms with Crippen molar-refractivity contribution in [2.75, 3.05) is 18.9 Å². The Labute approximate surface area is 120 Å². The van der Waals surface area contributed by atoms with Crippen molar-refractivity contribution < 1.29 is 9.59 Å². The zero-order valence-corrected chi connectivity index (χ0v) is 12.8. The highest BCUT2D eigenvalue weighted by atomic mass is 16.2. The van der Waals surface area contributed by atoms with Crippen LogP contribution in [0.3, 0.4) is 0 Å². The highest BCUT2D eigenvalue weighted by Gasteiger charge is 2.17. The molecule has 2 N–H and O–H groups in total. The molecule has 0 saturated carbocycles. The maximum atomic E-state index is 11.9. The second-order valence-electron chi connectivity index (χ2n) is 5.95. The smallest absolute Gasteiger partial charge is 0.322 e. The van der Waals surface area contributed by atoms with Gasteiger partial charge in [0.15, 0.2) is 0 Å². The quantitative estimate of drug-likeness (QED) is 0.891. The molecule has 5 heteroatoms. The monoisotopic (exact) mass is 277 g/mol. The van der Waals surface area contributed by atoms with Gasteiger partial charge in [-0.2, -0.15) is 0 Å². The molecule has 0 atom stereocenters. The third-order valence-electron chi connectivity index (χ3n) is 2.54. The summed E-state index contributed by atoms with van der Waals surface area (Å²) in [5.41, 5.74) is 1.54. The van der Waals surface area contributed by atoms with Crippen molar-refractivity contribution >= 4 is 17.6 Å². The number of amides is 3. The summed E-state index contributed by atoms with van der Waals surface area (Å²) in [4.78, 5) is 25.0. The van der Waals surface area contributed by atoms with E-state index in [9.17, 15) is 9.59 Å². The van der Waals surface area contributed by atoms with Gasteiger partial charge in [-0.25, -0.2) is 4.79 Å². The molecular formula is C15H23N3O2. The number of urea groups is 1. The van der Waals surface area contributed by atoms with E-state index >= 15 is 0 Å². The first kappa shape index (κ1) is 16.0. The Kier molecular flexibility index (Phi) is 5.13. The fourth-order valence-electron chi connectivity index (χ4n) is 1.60. The molecule has 0 aromatic heterocycles. The molecule has 0 heterocycles. The minimum Gasteiger partial charge on any atom is -0.350 e. The summed E-state index contributed by atoms with van der Waals surface area (Å²) in [5.74, 6) is -0.181. The maximum Gasteiger partial charge on any atom is 0.322 e. The number of anilines is 1. The van der Waals surface area contributed by atoms with Crippen molar-refractivity contribution in [2.24, 2.45) is 0 Å². The number of likely N-dealkylation sites (N-methyl/N-ethyl adjacent to an activating group) is 1. The van der Waals surface area contributed by atoms with E-state index < -0.39 is 0 Å². The van der Waals surface area contributed by atoms with Crippen molar-refractivity contribution in [3.8, 4) is 0 Å². The lowest BCUT2D eigenvalue weighted by molar-refractivity contribution is -0.122. The first-order valence-electron chi connectivity index (χ1n) is 6.57. The van der Waals surface area contributed by atoms with Gasteiger partial charge in [-0.05, 0) is 39.8 Å². The normalized spacial score (nSPS) is 10.8. The number of nitrogens with zero attached hydrogens (tertiary/aromatic N) is 1. The van der Waals surface area contributed by atoms with Gasteiger partial charge in [0.05, 0.1) is 0 Å². The van der Waals surface area contributed by atoms with Crippen LogP contribution in [0.25, 0.3) is 0 Å². The van der Waals surface area contributed by atoms with E-state index in [0.717, 1.165) is 5.56 Å². The van der Waals surface area contributed by atoms with Gasteiger partial charge in [-0.3, -0.25) is 4.79 Å². The number of hydrogen-bond acceptors (Lipinski definition) is 2. The van der Waals surface area contributed by atoms with E-state index in [1.54, 1.807) is 7.05 Å². The maximum absolute atomic E-state index is 11.9. The summed E-state index contributed by atoms with van der Waals surface area (Å²) in [6.07, 6.45) is 0. The third kappa shape index (κ3) is 5.73. The SMILES string of the molecule is Cc1ccc(NC(=O)N(C)CC(=O)NC(C)(C)C)cc1. The van der Waals surface area contributed by atoms with Crippen LogP contribution in [0, 0.1) is 6.92 Å². The number of benzene rings is 1. The Bertz CT molecular complexity index is 475. The van der Waals surface area contributed by atoms with Crippen molar-refractivity contribution in [2.45, 2.75) is 33.2 Å². The van der Waals surface area contributed by atoms with Crippen LogP contribution in [-0.4, -0.2) is 36.0 Å². The molecule has 0 bridgehead atoms. The number of hydrogen-bond donors (Lipinski definition) is 2. The molecule has 0 saturated heterocycles. The van der Waals surface area contributed by atoms with Gasteiger partial charge in [0.2, 0.25) is 5.91 Å². The predicted octanol–water partition coefficient (Wildman–Crippen LogP) is 2.37. The lowest BCUT2D eigenvalue weighted by Gasteiger charge is -2.23. The molecule has 110 valence electrons. The number of aryl methyl sites for hydroxylation is 1. The zero-order valence-electron chi connectivity index (χ0n) is 12.8. The van der Waals surface area contributed by atoms with Gasteiger partial charge in [-0.15, -0.1) is 0 Å². The minimum atomic E-state index is -0.307. The third-order valence-corrected chi connectivity index (χ3v) is 2.54. The van der Waals surface area contributed by atoms with Crippen molar-refractivity contribution in [1.82, 2.24) is 10.2 Å². The Morgan fingerprint density at radius 3 is 2.20 bits per heavy atom. The molecule has 0 aliphatic rings. The van der Waals surface area contributed by atoms with E-state index in [0.29, 0.717) is 5.69 Å². The summed E-state index contributed by atoms with van der Waals surface area (Å²) in [5, 5.41) is 5.56. The molecule has 1 aromatic carbocycles. The van der Waals surface area contributed by atoms with Crippen LogP contribution < -0.4 is 10.6 Å². The zero-order chi connectivity index (χ0) is 15.3. The molecule has 1 aromatic rings. The Morgan fingerprint density at radius 2 is 1.70 bits per heavy atom. The van der Waals surface area contributed by atoms with Gasteiger partial charge >= 0.3 is 6.03 Å². The summed E-state index contributed by atoms with van der Waals surface area (Å²) in [6, 6.07) is 7.19. The first-order chi connectivity index (χ1) is 9.17. The average Bonchev–Trinajstić information content (AvgIpc) is 2.29. The van der Waals surface area contributed by atoms with E-state index in [2.05, 4.69) is 10.6 Å². The molecule has 0 spiro atoms. The summed E-state index contributed by atoms with van der Waals surface area (Å²) >= 11 is 0. The molecule has 3 amide bonds. The second kappa shape index (κ2) is 6.41. The van der Waals surface area contributed by atoms with Crippen LogP contribution >= 0.6 is 0 Å². The molecule has 0 unspecified atom stereocenters. The van der Waals surface area contributed by atoms with Gasteiger partial charge in [0.25, 0.3) is 0 Å². The largest absolute Gasteiger partial charge is 0.350 e. The fraction of sp³-hybridized carbons (Fsp3) is 0.467. The number of nitrogens with one attached hydrogen (secondary N) is 2. The van der Waals surface area contributed by atoms with Gasteiger partial charge in [-0.1, -0.05) is 17.7 Å². The van der Waals surface area contributed by atoms with Crippen molar-refractivity contribution in [3.05, 3.63) is 29.8 Å². The molecule has 0 radical (unpaired) electrons. The molecule has 1 rings (SSSR count). The van der Waals surface area contributed by atoms with E-state index in [-0.39, 0.29) is 24.0 Å². The summed E-state index contributed by atoms with van der Waals surface area (Å²) < 4.78 is 0. The van der Waals surface area contributed by atoms with E-state index in [4.69, 9.17) is 0 Å². The van der Waals surface area contributed by atoms with Gasteiger partial charge in [0.1, 0.15) is 6.54 Å². The highest BCUT2D eigenvalue weighted by Crippen LogP contribution is 2.09. The van der Waals surface area contributed by atoms with Crippen LogP contribution in [0.15, 0.2) is 24.3 Å². The number of carbonyl (C=O) groups is 2. The molecule has 0 aliphatic carbocycles. The van der Waals surface area contributed by atoms with Crippen LogP contribution in [0.2, 0.25) is 0 Å². The predicted molar refractivity (Wildman–Crippen MR) is 80.7 cm³/mol. The van der Waals surface area contributed by atoms with E-state index in [1.807, 2.05) is 52.0 Å². The Balaban J connectivity index is 2.51. The van der Waals surface area contributed by atoms with E-state index in [1.165, 1.54) is 4.90 Å². The highest BCUT2D eigenvalue weighted by molar-refractivity contribution is 5.92. The second-order valence-corrected chi connectivity index (χ2v) is 5.95. The minimum absolute atomic E-state index is 0.0228. The fourth-order valence-corrected chi connectivity index (χ4v) is 1.60. The van der Waals surface area contributed by atoms with Crippen LogP contribution in [-0.2, 0) is 4.79 Å². The average molecular weight is 277 g/mol. The van der Waals surface area contributed by atoms with Crippen molar-refractivity contribution in [3.63, 3.8) is 0 Å². The molecule has 5 nitrogen and oxygen atoms in total. The lowest BCUT2D eigenvalue weighted by atomic mass is 10.1. The standard InChI is InChI=1S/C15H23N3O2/c1-11-6-8-12(9-7-11)16-14(20)18(5)10-13(19)17-15(2,3)4/h6-9H,10H2,1-5H3,(H,16,20)(H,17,19). The topological polar surface area (TPSA) is 61.4 Å². The molecular weight excluding hydrogens is 254 g/mol. The van der Waals surface area contributed by atoms with Crippen LogP contribution in [0.5, 0.6) is 0 Å². The Morgan fingerprint density at radius 1 is 1.15 bits per heavy atom.